The first kappa shape index (κ1) is 24.0. The highest BCUT2D eigenvalue weighted by molar-refractivity contribution is 7.26. The lowest BCUT2D eigenvalue weighted by atomic mass is 9.86. The molecule has 0 atom stereocenters. The minimum absolute atomic E-state index is 0.920. The van der Waals surface area contributed by atoms with E-state index in [9.17, 15) is 0 Å². The molecule has 0 aliphatic heterocycles. The van der Waals surface area contributed by atoms with Crippen LogP contribution in [0.2, 0.25) is 0 Å². The zero-order chi connectivity index (χ0) is 28.8. The van der Waals surface area contributed by atoms with Gasteiger partial charge in [-0.2, -0.15) is 0 Å². The van der Waals surface area contributed by atoms with E-state index in [4.69, 9.17) is 4.42 Å². The largest absolute Gasteiger partial charge is 0.455 e. The highest BCUT2D eigenvalue weighted by Gasteiger charge is 2.19. The van der Waals surface area contributed by atoms with Crippen molar-refractivity contribution < 1.29 is 4.42 Å². The summed E-state index contributed by atoms with van der Waals surface area (Å²) in [7, 11) is 0. The molecular formula is C42H24OS. The van der Waals surface area contributed by atoms with Gasteiger partial charge in [-0.3, -0.25) is 0 Å². The van der Waals surface area contributed by atoms with Gasteiger partial charge in [-0.1, -0.05) is 121 Å². The Bertz CT molecular complexity index is 2710. The van der Waals surface area contributed by atoms with Crippen LogP contribution in [0.5, 0.6) is 0 Å². The first-order chi connectivity index (χ1) is 21.8. The van der Waals surface area contributed by atoms with Gasteiger partial charge in [0.15, 0.2) is 0 Å². The van der Waals surface area contributed by atoms with Gasteiger partial charge in [-0.25, -0.2) is 0 Å². The first-order valence-electron chi connectivity index (χ1n) is 15.0. The van der Waals surface area contributed by atoms with Gasteiger partial charge in [0.2, 0.25) is 0 Å². The van der Waals surface area contributed by atoms with Crippen molar-refractivity contribution >= 4 is 85.8 Å². The third kappa shape index (κ3) is 3.29. The van der Waals surface area contributed by atoms with Gasteiger partial charge in [0.25, 0.3) is 0 Å². The van der Waals surface area contributed by atoms with Gasteiger partial charge >= 0.3 is 0 Å². The van der Waals surface area contributed by atoms with Crippen molar-refractivity contribution in [2.24, 2.45) is 0 Å². The molecule has 0 N–H and O–H groups in total. The van der Waals surface area contributed by atoms with Crippen LogP contribution in [-0.4, -0.2) is 0 Å². The van der Waals surface area contributed by atoms with Crippen molar-refractivity contribution in [3.8, 4) is 22.3 Å². The highest BCUT2D eigenvalue weighted by atomic mass is 32.1. The van der Waals surface area contributed by atoms with E-state index in [1.54, 1.807) is 0 Å². The lowest BCUT2D eigenvalue weighted by Gasteiger charge is -2.17. The molecule has 44 heavy (non-hydrogen) atoms. The van der Waals surface area contributed by atoms with Gasteiger partial charge in [0, 0.05) is 36.3 Å². The third-order valence-corrected chi connectivity index (χ3v) is 10.4. The van der Waals surface area contributed by atoms with E-state index in [0.717, 1.165) is 21.9 Å². The van der Waals surface area contributed by atoms with Crippen molar-refractivity contribution in [3.63, 3.8) is 0 Å². The van der Waals surface area contributed by atoms with Crippen LogP contribution in [0.15, 0.2) is 150 Å². The van der Waals surface area contributed by atoms with Crippen LogP contribution in [0.1, 0.15) is 0 Å². The quantitative estimate of drug-likeness (QED) is 0.187. The van der Waals surface area contributed by atoms with Crippen LogP contribution < -0.4 is 0 Å². The van der Waals surface area contributed by atoms with Gasteiger partial charge in [0.1, 0.15) is 11.2 Å². The Morgan fingerprint density at radius 3 is 1.70 bits per heavy atom. The van der Waals surface area contributed by atoms with Crippen molar-refractivity contribution in [2.45, 2.75) is 0 Å². The van der Waals surface area contributed by atoms with Gasteiger partial charge in [-0.05, 0) is 73.5 Å². The first-order valence-corrected chi connectivity index (χ1v) is 15.8. The zero-order valence-electron chi connectivity index (χ0n) is 23.7. The maximum atomic E-state index is 6.72. The normalized spacial score (nSPS) is 12.1. The summed E-state index contributed by atoms with van der Waals surface area (Å²) in [6, 6.07) is 52.9. The van der Waals surface area contributed by atoms with Crippen molar-refractivity contribution in [1.82, 2.24) is 0 Å². The lowest BCUT2D eigenvalue weighted by molar-refractivity contribution is 0.673. The maximum absolute atomic E-state index is 6.72. The molecule has 10 aromatic rings. The summed E-state index contributed by atoms with van der Waals surface area (Å²) in [6.45, 7) is 0. The second-order valence-electron chi connectivity index (χ2n) is 11.6. The van der Waals surface area contributed by atoms with Crippen molar-refractivity contribution in [3.05, 3.63) is 146 Å². The standard InChI is InChI=1S/C42H24OS/c1-2-10-25(11-3-1)38-29-13-4-6-15-31(29)39(32-16-7-5-14-30(32)38)27-20-23-36-35(24-27)33-21-18-26-19-22-34-28-12-8-9-17-37(28)44-42(34)40(26)41(33)43-36/h1-24H. The molecule has 0 spiro atoms. The summed E-state index contributed by atoms with van der Waals surface area (Å²) in [5.41, 5.74) is 6.88. The number of benzene rings is 8. The number of fused-ring (bicyclic) bond motifs is 11. The fraction of sp³-hybridized carbons (Fsp3) is 0. The number of hydrogen-bond donors (Lipinski definition) is 0. The topological polar surface area (TPSA) is 13.1 Å². The molecule has 204 valence electrons. The zero-order valence-corrected chi connectivity index (χ0v) is 24.5. The van der Waals surface area contributed by atoms with Gasteiger partial charge < -0.3 is 4.42 Å². The SMILES string of the molecule is c1ccc(-c2c3ccccc3c(-c3ccc4oc5c(ccc6ccc7c8ccccc8sc7c65)c4c3)c3ccccc23)cc1. The Labute approximate surface area is 257 Å². The summed E-state index contributed by atoms with van der Waals surface area (Å²) in [4.78, 5) is 0. The fourth-order valence-corrected chi connectivity index (χ4v) is 8.58. The van der Waals surface area contributed by atoms with Crippen LogP contribution in [0.4, 0.5) is 0 Å². The lowest BCUT2D eigenvalue weighted by Crippen LogP contribution is -1.90. The summed E-state index contributed by atoms with van der Waals surface area (Å²) in [6.07, 6.45) is 0. The fourth-order valence-electron chi connectivity index (χ4n) is 7.33. The van der Waals surface area contributed by atoms with E-state index in [2.05, 4.69) is 146 Å². The molecular weight excluding hydrogens is 553 g/mol. The molecule has 0 fully saturated rings. The van der Waals surface area contributed by atoms with E-state index < -0.39 is 0 Å². The summed E-state index contributed by atoms with van der Waals surface area (Å²) >= 11 is 1.86. The minimum Gasteiger partial charge on any atom is -0.455 e. The molecule has 10 rings (SSSR count). The average Bonchev–Trinajstić information content (AvgIpc) is 3.65. The molecule has 0 bridgehead atoms. The van der Waals surface area contributed by atoms with Crippen LogP contribution in [0.3, 0.4) is 0 Å². The Balaban J connectivity index is 1.29. The predicted molar refractivity (Wildman–Crippen MR) is 190 cm³/mol. The number of hydrogen-bond acceptors (Lipinski definition) is 2. The maximum Gasteiger partial charge on any atom is 0.144 e. The molecule has 2 heteroatoms. The van der Waals surface area contributed by atoms with Crippen LogP contribution in [0.25, 0.3) is 96.7 Å². The Morgan fingerprint density at radius 2 is 1.00 bits per heavy atom. The smallest absolute Gasteiger partial charge is 0.144 e. The van der Waals surface area contributed by atoms with Crippen molar-refractivity contribution in [2.75, 3.05) is 0 Å². The van der Waals surface area contributed by atoms with Crippen LogP contribution in [-0.2, 0) is 0 Å². The number of furan rings is 1. The van der Waals surface area contributed by atoms with E-state index >= 15 is 0 Å². The molecule has 0 saturated heterocycles. The summed E-state index contributed by atoms with van der Waals surface area (Å²) in [5.74, 6) is 0. The summed E-state index contributed by atoms with van der Waals surface area (Å²) in [5, 5.41) is 12.4. The molecule has 1 nitrogen and oxygen atoms in total. The van der Waals surface area contributed by atoms with Gasteiger partial charge in [-0.15, -0.1) is 11.3 Å². The summed E-state index contributed by atoms with van der Waals surface area (Å²) < 4.78 is 9.32. The Hall–Kier alpha value is -5.44. The molecule has 0 unspecified atom stereocenters. The molecule has 2 heterocycles. The van der Waals surface area contributed by atoms with Crippen LogP contribution in [0, 0.1) is 0 Å². The molecule has 0 radical (unpaired) electrons. The molecule has 2 aromatic heterocycles. The average molecular weight is 577 g/mol. The molecule has 0 aliphatic carbocycles. The van der Waals surface area contributed by atoms with E-state index in [0.29, 0.717) is 0 Å². The second-order valence-corrected chi connectivity index (χ2v) is 12.7. The van der Waals surface area contributed by atoms with E-state index in [1.165, 1.54) is 74.7 Å². The van der Waals surface area contributed by atoms with Gasteiger partial charge in [0.05, 0.1) is 0 Å². The highest BCUT2D eigenvalue weighted by Crippen LogP contribution is 2.46. The Morgan fingerprint density at radius 1 is 0.409 bits per heavy atom. The van der Waals surface area contributed by atoms with E-state index in [1.807, 2.05) is 11.3 Å². The minimum atomic E-state index is 0.920. The Kier molecular flexibility index (Phi) is 4.94. The predicted octanol–water partition coefficient (Wildman–Crippen LogP) is 12.7. The molecule has 0 aliphatic rings. The molecule has 0 amide bonds. The molecule has 8 aromatic carbocycles. The monoisotopic (exact) mass is 576 g/mol. The molecule has 0 saturated carbocycles. The van der Waals surface area contributed by atoms with Crippen LogP contribution >= 0.6 is 11.3 Å². The third-order valence-electron chi connectivity index (χ3n) is 9.24. The second kappa shape index (κ2) is 9.03. The van der Waals surface area contributed by atoms with Crippen molar-refractivity contribution in [1.29, 1.82) is 0 Å². The number of rotatable bonds is 2. The van der Waals surface area contributed by atoms with E-state index in [-0.39, 0.29) is 0 Å². The number of thiophene rings is 1.